The van der Waals surface area contributed by atoms with Crippen molar-refractivity contribution in [1.29, 1.82) is 0 Å². The predicted octanol–water partition coefficient (Wildman–Crippen LogP) is 4.57. The van der Waals surface area contributed by atoms with Crippen molar-refractivity contribution < 1.29 is 9.13 Å². The molecule has 0 N–H and O–H groups in total. The van der Waals surface area contributed by atoms with E-state index in [1.54, 1.807) is 6.07 Å². The molecule has 4 nitrogen and oxygen atoms in total. The number of thioether (sulfide) groups is 1. The van der Waals surface area contributed by atoms with Crippen LogP contribution in [0.3, 0.4) is 0 Å². The van der Waals surface area contributed by atoms with Gasteiger partial charge in [-0.2, -0.15) is 0 Å². The van der Waals surface area contributed by atoms with Gasteiger partial charge in [-0.3, -0.25) is 4.57 Å². The van der Waals surface area contributed by atoms with Crippen LogP contribution in [0.5, 0.6) is 5.75 Å². The van der Waals surface area contributed by atoms with Gasteiger partial charge < -0.3 is 4.74 Å². The molecule has 0 aliphatic carbocycles. The van der Waals surface area contributed by atoms with E-state index in [-0.39, 0.29) is 11.6 Å². The SMILES string of the molecule is C=CCn1c(SCc2ccc(OC)c(F)c2)nnc1-c1ccccc1. The molecule has 0 spiro atoms. The van der Waals surface area contributed by atoms with Gasteiger partial charge in [0.1, 0.15) is 0 Å². The van der Waals surface area contributed by atoms with Gasteiger partial charge in [-0.15, -0.1) is 16.8 Å². The van der Waals surface area contributed by atoms with Crippen LogP contribution in [-0.4, -0.2) is 21.9 Å². The van der Waals surface area contributed by atoms with E-state index >= 15 is 0 Å². The molecule has 0 saturated carbocycles. The average molecular weight is 355 g/mol. The lowest BCUT2D eigenvalue weighted by Crippen LogP contribution is -2.00. The Morgan fingerprint density at radius 1 is 1.20 bits per heavy atom. The Morgan fingerprint density at radius 3 is 2.68 bits per heavy atom. The van der Waals surface area contributed by atoms with Crippen molar-refractivity contribution in [2.24, 2.45) is 0 Å². The number of allylic oxidation sites excluding steroid dienone is 1. The number of ether oxygens (including phenoxy) is 1. The van der Waals surface area contributed by atoms with Gasteiger partial charge in [-0.05, 0) is 17.7 Å². The summed E-state index contributed by atoms with van der Waals surface area (Å²) >= 11 is 1.51. The maximum Gasteiger partial charge on any atom is 0.192 e. The lowest BCUT2D eigenvalue weighted by atomic mass is 10.2. The summed E-state index contributed by atoms with van der Waals surface area (Å²) in [5.74, 6) is 1.27. The minimum absolute atomic E-state index is 0.245. The first kappa shape index (κ1) is 17.2. The molecule has 128 valence electrons. The van der Waals surface area contributed by atoms with Crippen LogP contribution in [0.15, 0.2) is 66.3 Å². The summed E-state index contributed by atoms with van der Waals surface area (Å²) in [6, 6.07) is 14.9. The molecule has 3 aromatic rings. The third-order valence-electron chi connectivity index (χ3n) is 3.64. The fourth-order valence-corrected chi connectivity index (χ4v) is 3.33. The fourth-order valence-electron chi connectivity index (χ4n) is 2.44. The third-order valence-corrected chi connectivity index (χ3v) is 4.68. The molecule has 0 bridgehead atoms. The van der Waals surface area contributed by atoms with Crippen molar-refractivity contribution in [2.75, 3.05) is 7.11 Å². The second kappa shape index (κ2) is 7.98. The molecule has 3 rings (SSSR count). The first-order valence-corrected chi connectivity index (χ1v) is 8.76. The molecule has 1 heterocycles. The van der Waals surface area contributed by atoms with Crippen LogP contribution in [0, 0.1) is 5.82 Å². The molecule has 0 saturated heterocycles. The van der Waals surface area contributed by atoms with E-state index < -0.39 is 0 Å². The summed E-state index contributed by atoms with van der Waals surface area (Å²) in [6.45, 7) is 4.42. The van der Waals surface area contributed by atoms with Crippen molar-refractivity contribution in [1.82, 2.24) is 14.8 Å². The Kier molecular flexibility index (Phi) is 5.50. The van der Waals surface area contributed by atoms with Crippen molar-refractivity contribution >= 4 is 11.8 Å². The molecule has 25 heavy (non-hydrogen) atoms. The van der Waals surface area contributed by atoms with E-state index in [1.807, 2.05) is 47.0 Å². The molecule has 0 amide bonds. The van der Waals surface area contributed by atoms with E-state index in [4.69, 9.17) is 4.74 Å². The minimum atomic E-state index is -0.363. The molecule has 0 unspecified atom stereocenters. The molecule has 0 atom stereocenters. The second-order valence-corrected chi connectivity index (χ2v) is 6.27. The second-order valence-electron chi connectivity index (χ2n) is 5.33. The maximum atomic E-state index is 13.8. The minimum Gasteiger partial charge on any atom is -0.494 e. The molecule has 6 heteroatoms. The van der Waals surface area contributed by atoms with Crippen LogP contribution in [0.25, 0.3) is 11.4 Å². The van der Waals surface area contributed by atoms with Gasteiger partial charge in [-0.1, -0.05) is 54.2 Å². The van der Waals surface area contributed by atoms with E-state index in [0.717, 1.165) is 22.1 Å². The van der Waals surface area contributed by atoms with Gasteiger partial charge in [0.2, 0.25) is 0 Å². The Hall–Kier alpha value is -2.60. The Bertz CT molecular complexity index is 864. The summed E-state index contributed by atoms with van der Waals surface area (Å²) in [6.07, 6.45) is 1.81. The molecule has 2 aromatic carbocycles. The molecule has 0 aliphatic heterocycles. The lowest BCUT2D eigenvalue weighted by Gasteiger charge is -2.08. The number of hydrogen-bond acceptors (Lipinski definition) is 4. The van der Waals surface area contributed by atoms with Crippen molar-refractivity contribution in [2.45, 2.75) is 17.5 Å². The highest BCUT2D eigenvalue weighted by Crippen LogP contribution is 2.27. The van der Waals surface area contributed by atoms with Crippen molar-refractivity contribution in [3.8, 4) is 17.1 Å². The van der Waals surface area contributed by atoms with E-state index in [0.29, 0.717) is 12.3 Å². The van der Waals surface area contributed by atoms with Gasteiger partial charge in [-0.25, -0.2) is 4.39 Å². The predicted molar refractivity (Wildman–Crippen MR) is 98.2 cm³/mol. The lowest BCUT2D eigenvalue weighted by molar-refractivity contribution is 0.386. The zero-order valence-corrected chi connectivity index (χ0v) is 14.7. The zero-order chi connectivity index (χ0) is 17.6. The molecular formula is C19H18FN3OS. The van der Waals surface area contributed by atoms with Gasteiger partial charge in [0.25, 0.3) is 0 Å². The smallest absolute Gasteiger partial charge is 0.192 e. The number of hydrogen-bond donors (Lipinski definition) is 0. The van der Waals surface area contributed by atoms with Gasteiger partial charge in [0, 0.05) is 17.9 Å². The van der Waals surface area contributed by atoms with Gasteiger partial charge >= 0.3 is 0 Å². The van der Waals surface area contributed by atoms with Crippen LogP contribution in [0.1, 0.15) is 5.56 Å². The Balaban J connectivity index is 1.82. The number of benzene rings is 2. The summed E-state index contributed by atoms with van der Waals surface area (Å²) < 4.78 is 20.8. The monoisotopic (exact) mass is 355 g/mol. The molecule has 1 aromatic heterocycles. The topological polar surface area (TPSA) is 39.9 Å². The summed E-state index contributed by atoms with van der Waals surface area (Å²) in [4.78, 5) is 0. The first-order valence-electron chi connectivity index (χ1n) is 7.77. The van der Waals surface area contributed by atoms with Crippen LogP contribution >= 0.6 is 11.8 Å². The molecule has 0 fully saturated rings. The highest BCUT2D eigenvalue weighted by Gasteiger charge is 2.14. The summed E-state index contributed by atoms with van der Waals surface area (Å²) in [5.41, 5.74) is 1.86. The van der Waals surface area contributed by atoms with Crippen LogP contribution in [0.2, 0.25) is 0 Å². The summed E-state index contributed by atoms with van der Waals surface area (Å²) in [7, 11) is 1.45. The zero-order valence-electron chi connectivity index (χ0n) is 13.9. The Labute approximate surface area is 150 Å². The quantitative estimate of drug-likeness (QED) is 0.460. The average Bonchev–Trinajstić information content (AvgIpc) is 3.04. The van der Waals surface area contributed by atoms with Gasteiger partial charge in [0.15, 0.2) is 22.5 Å². The molecule has 0 aliphatic rings. The third kappa shape index (κ3) is 3.91. The first-order chi connectivity index (χ1) is 12.2. The maximum absolute atomic E-state index is 13.8. The van der Waals surface area contributed by atoms with Gasteiger partial charge in [0.05, 0.1) is 7.11 Å². The van der Waals surface area contributed by atoms with E-state index in [9.17, 15) is 4.39 Å². The highest BCUT2D eigenvalue weighted by atomic mass is 32.2. The number of halogens is 1. The van der Waals surface area contributed by atoms with E-state index in [1.165, 1.54) is 24.9 Å². The fraction of sp³-hybridized carbons (Fsp3) is 0.158. The number of nitrogens with zero attached hydrogens (tertiary/aromatic N) is 3. The Morgan fingerprint density at radius 2 is 2.00 bits per heavy atom. The highest BCUT2D eigenvalue weighted by molar-refractivity contribution is 7.98. The van der Waals surface area contributed by atoms with E-state index in [2.05, 4.69) is 16.8 Å². The van der Waals surface area contributed by atoms with Crippen LogP contribution in [-0.2, 0) is 12.3 Å². The largest absolute Gasteiger partial charge is 0.494 e. The number of rotatable bonds is 7. The van der Waals surface area contributed by atoms with Crippen LogP contribution in [0.4, 0.5) is 4.39 Å². The standard InChI is InChI=1S/C19H18FN3OS/c1-3-11-23-18(15-7-5-4-6-8-15)21-22-19(23)25-13-14-9-10-17(24-2)16(20)12-14/h3-10,12H,1,11,13H2,2H3. The number of aromatic nitrogens is 3. The number of methoxy groups -OCH3 is 1. The van der Waals surface area contributed by atoms with Crippen LogP contribution < -0.4 is 4.74 Å². The normalized spacial score (nSPS) is 10.6. The molecule has 0 radical (unpaired) electrons. The molecular weight excluding hydrogens is 337 g/mol. The summed E-state index contributed by atoms with van der Waals surface area (Å²) in [5, 5.41) is 9.38. The van der Waals surface area contributed by atoms with Crippen molar-refractivity contribution in [3.05, 3.63) is 72.6 Å². The van der Waals surface area contributed by atoms with Crippen molar-refractivity contribution in [3.63, 3.8) is 0 Å².